The largest absolute Gasteiger partial charge is 0.450 e. The monoisotopic (exact) mass is 264 g/mol. The standard InChI is InChI=1S/C16H24O3/c1-3-5-7-9-13(17)15-11-12-16(19-15)14(18)10-8-6-4-2/h11-12H,3-10H2,1-2H3. The Bertz CT molecular complexity index is 367. The summed E-state index contributed by atoms with van der Waals surface area (Å²) >= 11 is 0. The van der Waals surface area contributed by atoms with Crippen LogP contribution >= 0.6 is 0 Å². The molecule has 1 rings (SSSR count). The highest BCUT2D eigenvalue weighted by molar-refractivity contribution is 5.97. The molecular weight excluding hydrogens is 240 g/mol. The topological polar surface area (TPSA) is 47.3 Å². The van der Waals surface area contributed by atoms with E-state index in [0.29, 0.717) is 24.4 Å². The molecule has 3 heteroatoms. The molecule has 1 aromatic rings. The Hall–Kier alpha value is -1.38. The van der Waals surface area contributed by atoms with E-state index in [-0.39, 0.29) is 11.6 Å². The molecule has 0 saturated carbocycles. The summed E-state index contributed by atoms with van der Waals surface area (Å²) in [6, 6.07) is 3.25. The third-order valence-electron chi connectivity index (χ3n) is 3.17. The molecule has 0 aliphatic rings. The van der Waals surface area contributed by atoms with Crippen molar-refractivity contribution in [2.75, 3.05) is 0 Å². The van der Waals surface area contributed by atoms with Crippen LogP contribution in [0, 0.1) is 0 Å². The van der Waals surface area contributed by atoms with E-state index in [2.05, 4.69) is 13.8 Å². The highest BCUT2D eigenvalue weighted by atomic mass is 16.4. The summed E-state index contributed by atoms with van der Waals surface area (Å²) in [4.78, 5) is 23.6. The predicted octanol–water partition coefficient (Wildman–Crippen LogP) is 4.81. The molecule has 0 spiro atoms. The molecule has 0 aromatic carbocycles. The molecular formula is C16H24O3. The minimum atomic E-state index is 0.000980. The van der Waals surface area contributed by atoms with Gasteiger partial charge >= 0.3 is 0 Å². The van der Waals surface area contributed by atoms with Gasteiger partial charge in [0.05, 0.1) is 0 Å². The predicted molar refractivity (Wildman–Crippen MR) is 75.7 cm³/mol. The van der Waals surface area contributed by atoms with Gasteiger partial charge in [-0.15, -0.1) is 0 Å². The Kier molecular flexibility index (Phi) is 7.16. The molecule has 0 bridgehead atoms. The molecule has 19 heavy (non-hydrogen) atoms. The Morgan fingerprint density at radius 1 is 0.842 bits per heavy atom. The second-order valence-electron chi connectivity index (χ2n) is 4.92. The highest BCUT2D eigenvalue weighted by Gasteiger charge is 2.15. The van der Waals surface area contributed by atoms with E-state index in [1.165, 1.54) is 0 Å². The number of hydrogen-bond donors (Lipinski definition) is 0. The normalized spacial score (nSPS) is 10.6. The van der Waals surface area contributed by atoms with Crippen LogP contribution in [0.5, 0.6) is 0 Å². The van der Waals surface area contributed by atoms with Crippen LogP contribution in [-0.2, 0) is 0 Å². The smallest absolute Gasteiger partial charge is 0.198 e. The molecule has 1 aromatic heterocycles. The number of unbranched alkanes of at least 4 members (excludes halogenated alkanes) is 4. The molecule has 0 aliphatic heterocycles. The van der Waals surface area contributed by atoms with Crippen LogP contribution in [0.2, 0.25) is 0 Å². The van der Waals surface area contributed by atoms with Gasteiger partial charge in [0.15, 0.2) is 23.1 Å². The zero-order chi connectivity index (χ0) is 14.1. The summed E-state index contributed by atoms with van der Waals surface area (Å²) < 4.78 is 5.37. The van der Waals surface area contributed by atoms with Gasteiger partial charge in [0, 0.05) is 12.8 Å². The van der Waals surface area contributed by atoms with Crippen molar-refractivity contribution in [2.24, 2.45) is 0 Å². The van der Waals surface area contributed by atoms with Crippen molar-refractivity contribution in [3.8, 4) is 0 Å². The van der Waals surface area contributed by atoms with Gasteiger partial charge in [0.2, 0.25) is 0 Å². The van der Waals surface area contributed by atoms with Crippen LogP contribution in [0.15, 0.2) is 16.5 Å². The Morgan fingerprint density at radius 2 is 1.26 bits per heavy atom. The van der Waals surface area contributed by atoms with Gasteiger partial charge in [0.1, 0.15) is 0 Å². The lowest BCUT2D eigenvalue weighted by atomic mass is 10.1. The summed E-state index contributed by atoms with van der Waals surface area (Å²) in [7, 11) is 0. The van der Waals surface area contributed by atoms with Gasteiger partial charge in [-0.25, -0.2) is 0 Å². The lowest BCUT2D eigenvalue weighted by molar-refractivity contribution is 0.0928. The molecule has 106 valence electrons. The Morgan fingerprint density at radius 3 is 1.63 bits per heavy atom. The summed E-state index contributed by atoms with van der Waals surface area (Å²) in [6.45, 7) is 4.20. The second kappa shape index (κ2) is 8.68. The zero-order valence-electron chi connectivity index (χ0n) is 12.0. The number of furan rings is 1. The summed E-state index contributed by atoms with van der Waals surface area (Å²) in [6.07, 6.45) is 7.06. The van der Waals surface area contributed by atoms with Crippen molar-refractivity contribution in [3.63, 3.8) is 0 Å². The van der Waals surface area contributed by atoms with E-state index in [1.54, 1.807) is 12.1 Å². The fraction of sp³-hybridized carbons (Fsp3) is 0.625. The van der Waals surface area contributed by atoms with Crippen molar-refractivity contribution in [1.29, 1.82) is 0 Å². The van der Waals surface area contributed by atoms with Crippen LogP contribution in [0.3, 0.4) is 0 Å². The van der Waals surface area contributed by atoms with Crippen LogP contribution in [0.25, 0.3) is 0 Å². The molecule has 0 atom stereocenters. The van der Waals surface area contributed by atoms with E-state index < -0.39 is 0 Å². The van der Waals surface area contributed by atoms with Crippen molar-refractivity contribution in [3.05, 3.63) is 23.7 Å². The van der Waals surface area contributed by atoms with Gasteiger partial charge in [-0.05, 0) is 25.0 Å². The molecule has 0 aliphatic carbocycles. The number of carbonyl (C=O) groups excluding carboxylic acids is 2. The van der Waals surface area contributed by atoms with Crippen molar-refractivity contribution in [1.82, 2.24) is 0 Å². The third kappa shape index (κ3) is 5.41. The molecule has 0 saturated heterocycles. The first-order valence-corrected chi connectivity index (χ1v) is 7.35. The maximum absolute atomic E-state index is 11.8. The first-order chi connectivity index (χ1) is 9.19. The fourth-order valence-electron chi connectivity index (χ4n) is 1.96. The average molecular weight is 264 g/mol. The molecule has 1 heterocycles. The van der Waals surface area contributed by atoms with E-state index >= 15 is 0 Å². The van der Waals surface area contributed by atoms with Gasteiger partial charge in [-0.3, -0.25) is 9.59 Å². The molecule has 0 fully saturated rings. The van der Waals surface area contributed by atoms with Crippen LogP contribution in [0.4, 0.5) is 0 Å². The van der Waals surface area contributed by atoms with Crippen molar-refractivity contribution >= 4 is 11.6 Å². The van der Waals surface area contributed by atoms with E-state index in [9.17, 15) is 9.59 Å². The third-order valence-corrected chi connectivity index (χ3v) is 3.17. The molecule has 0 radical (unpaired) electrons. The van der Waals surface area contributed by atoms with Gasteiger partial charge in [0.25, 0.3) is 0 Å². The lowest BCUT2D eigenvalue weighted by Crippen LogP contribution is -1.99. The van der Waals surface area contributed by atoms with Gasteiger partial charge in [-0.2, -0.15) is 0 Å². The first kappa shape index (κ1) is 15.7. The summed E-state index contributed by atoms with van der Waals surface area (Å²) in [5.41, 5.74) is 0. The van der Waals surface area contributed by atoms with E-state index in [4.69, 9.17) is 4.42 Å². The van der Waals surface area contributed by atoms with Crippen LogP contribution in [0.1, 0.15) is 86.3 Å². The van der Waals surface area contributed by atoms with Crippen molar-refractivity contribution < 1.29 is 14.0 Å². The average Bonchev–Trinajstić information content (AvgIpc) is 2.89. The molecule has 0 amide bonds. The number of Topliss-reactive ketones (excluding diaryl/α,β-unsaturated/α-hetero) is 2. The molecule has 0 unspecified atom stereocenters. The zero-order valence-corrected chi connectivity index (χ0v) is 12.0. The summed E-state index contributed by atoms with van der Waals surface area (Å²) in [5, 5.41) is 0. The van der Waals surface area contributed by atoms with E-state index in [0.717, 1.165) is 38.5 Å². The van der Waals surface area contributed by atoms with Gasteiger partial charge < -0.3 is 4.42 Å². The minimum Gasteiger partial charge on any atom is -0.450 e. The minimum absolute atomic E-state index is 0.000980. The number of ketones is 2. The van der Waals surface area contributed by atoms with Gasteiger partial charge in [-0.1, -0.05) is 39.5 Å². The summed E-state index contributed by atoms with van der Waals surface area (Å²) in [5.74, 6) is 0.659. The maximum atomic E-state index is 11.8. The number of rotatable bonds is 10. The second-order valence-corrected chi connectivity index (χ2v) is 4.92. The molecule has 3 nitrogen and oxygen atoms in total. The van der Waals surface area contributed by atoms with Crippen LogP contribution in [-0.4, -0.2) is 11.6 Å². The number of carbonyl (C=O) groups is 2. The number of hydrogen-bond acceptors (Lipinski definition) is 3. The van der Waals surface area contributed by atoms with Crippen LogP contribution < -0.4 is 0 Å². The molecule has 0 N–H and O–H groups in total. The maximum Gasteiger partial charge on any atom is 0.198 e. The van der Waals surface area contributed by atoms with Crippen molar-refractivity contribution in [2.45, 2.75) is 65.2 Å². The quantitative estimate of drug-likeness (QED) is 0.450. The SMILES string of the molecule is CCCCCC(=O)c1ccc(C(=O)CCCCC)o1. The lowest BCUT2D eigenvalue weighted by Gasteiger charge is -1.98. The van der Waals surface area contributed by atoms with E-state index in [1.807, 2.05) is 0 Å². The first-order valence-electron chi connectivity index (χ1n) is 7.35. The fourth-order valence-corrected chi connectivity index (χ4v) is 1.96. The highest BCUT2D eigenvalue weighted by Crippen LogP contribution is 2.15. The Balaban J connectivity index is 2.46. The Labute approximate surface area is 115 Å².